The number of rotatable bonds is 7. The summed E-state index contributed by atoms with van der Waals surface area (Å²) in [5.41, 5.74) is 1.30. The van der Waals surface area contributed by atoms with Crippen LogP contribution in [-0.2, 0) is 11.2 Å². The minimum atomic E-state index is 0.600. The molecule has 0 aromatic heterocycles. The van der Waals surface area contributed by atoms with Crippen LogP contribution in [0.5, 0.6) is 0 Å². The summed E-state index contributed by atoms with van der Waals surface area (Å²) >= 11 is 5.97. The summed E-state index contributed by atoms with van der Waals surface area (Å²) in [6, 6.07) is 8.08. The van der Waals surface area contributed by atoms with Gasteiger partial charge in [0.2, 0.25) is 0 Å². The number of ether oxygens (including phenoxy) is 1. The maximum absolute atomic E-state index is 5.97. The van der Waals surface area contributed by atoms with Gasteiger partial charge in [0.15, 0.2) is 0 Å². The van der Waals surface area contributed by atoms with E-state index in [1.807, 2.05) is 25.2 Å². The van der Waals surface area contributed by atoms with Crippen LogP contribution >= 0.6 is 11.6 Å². The molecule has 1 atom stereocenters. The van der Waals surface area contributed by atoms with Crippen molar-refractivity contribution in [2.75, 3.05) is 27.3 Å². The maximum Gasteiger partial charge on any atom is 0.0465 e. The highest BCUT2D eigenvalue weighted by atomic mass is 35.5. The van der Waals surface area contributed by atoms with Gasteiger partial charge in [-0.1, -0.05) is 23.7 Å². The van der Waals surface area contributed by atoms with Crippen molar-refractivity contribution in [3.63, 3.8) is 0 Å². The molecule has 0 aliphatic heterocycles. The van der Waals surface area contributed by atoms with Crippen LogP contribution < -0.4 is 5.32 Å². The third kappa shape index (κ3) is 4.97. The molecule has 1 unspecified atom stereocenters. The smallest absolute Gasteiger partial charge is 0.0465 e. The number of hydrogen-bond acceptors (Lipinski definition) is 2. The van der Waals surface area contributed by atoms with Crippen LogP contribution in [0.1, 0.15) is 12.0 Å². The first-order valence-corrected chi connectivity index (χ1v) is 6.02. The molecule has 0 saturated carbocycles. The summed E-state index contributed by atoms with van der Waals surface area (Å²) < 4.78 is 5.13. The highest BCUT2D eigenvalue weighted by Gasteiger charge is 2.08. The van der Waals surface area contributed by atoms with Gasteiger partial charge < -0.3 is 10.1 Å². The molecular weight excluding hydrogens is 222 g/mol. The predicted molar refractivity (Wildman–Crippen MR) is 69.1 cm³/mol. The topological polar surface area (TPSA) is 21.3 Å². The molecule has 2 nitrogen and oxygen atoms in total. The lowest BCUT2D eigenvalue weighted by molar-refractivity contribution is 0.176. The molecule has 0 amide bonds. The van der Waals surface area contributed by atoms with Gasteiger partial charge in [0, 0.05) is 18.7 Å². The molecule has 0 fully saturated rings. The van der Waals surface area contributed by atoms with E-state index < -0.39 is 0 Å². The van der Waals surface area contributed by atoms with Gasteiger partial charge in [-0.05, 0) is 50.0 Å². The van der Waals surface area contributed by atoms with E-state index in [-0.39, 0.29) is 0 Å². The highest BCUT2D eigenvalue weighted by molar-refractivity contribution is 6.30. The zero-order valence-corrected chi connectivity index (χ0v) is 10.8. The lowest BCUT2D eigenvalue weighted by atomic mass is 9.96. The van der Waals surface area contributed by atoms with Gasteiger partial charge in [0.05, 0.1) is 0 Å². The van der Waals surface area contributed by atoms with Crippen LogP contribution in [0.4, 0.5) is 0 Å². The van der Waals surface area contributed by atoms with E-state index in [1.165, 1.54) is 5.56 Å². The number of nitrogens with one attached hydrogen (secondary N) is 1. The number of halogens is 1. The van der Waals surface area contributed by atoms with E-state index in [0.29, 0.717) is 5.92 Å². The van der Waals surface area contributed by atoms with Gasteiger partial charge in [-0.15, -0.1) is 0 Å². The Kier molecular flexibility index (Phi) is 6.46. The van der Waals surface area contributed by atoms with E-state index in [2.05, 4.69) is 11.4 Å². The molecule has 0 spiro atoms. The Hall–Kier alpha value is -0.570. The van der Waals surface area contributed by atoms with Crippen LogP contribution in [0.25, 0.3) is 0 Å². The van der Waals surface area contributed by atoms with Gasteiger partial charge in [0.1, 0.15) is 0 Å². The van der Waals surface area contributed by atoms with Crippen molar-refractivity contribution < 1.29 is 4.74 Å². The van der Waals surface area contributed by atoms with Crippen molar-refractivity contribution in [3.05, 3.63) is 34.9 Å². The Morgan fingerprint density at radius 2 is 2.25 bits per heavy atom. The lowest BCUT2D eigenvalue weighted by Gasteiger charge is -2.16. The average Bonchev–Trinajstić information content (AvgIpc) is 2.26. The zero-order chi connectivity index (χ0) is 11.8. The van der Waals surface area contributed by atoms with Gasteiger partial charge in [-0.25, -0.2) is 0 Å². The Morgan fingerprint density at radius 3 is 2.88 bits per heavy atom. The van der Waals surface area contributed by atoms with E-state index in [4.69, 9.17) is 16.3 Å². The quantitative estimate of drug-likeness (QED) is 0.793. The molecule has 1 rings (SSSR count). The molecular formula is C13H20ClNO. The molecule has 1 aromatic carbocycles. The molecule has 3 heteroatoms. The van der Waals surface area contributed by atoms with Crippen molar-refractivity contribution in [1.82, 2.24) is 5.32 Å². The van der Waals surface area contributed by atoms with Crippen LogP contribution in [0.3, 0.4) is 0 Å². The van der Waals surface area contributed by atoms with Crippen LogP contribution in [0, 0.1) is 5.92 Å². The van der Waals surface area contributed by atoms with Gasteiger partial charge in [-0.3, -0.25) is 0 Å². The number of benzene rings is 1. The van der Waals surface area contributed by atoms with Crippen molar-refractivity contribution in [2.24, 2.45) is 5.92 Å². The fourth-order valence-electron chi connectivity index (χ4n) is 1.85. The van der Waals surface area contributed by atoms with Crippen LogP contribution in [0.2, 0.25) is 5.02 Å². The fourth-order valence-corrected chi connectivity index (χ4v) is 2.06. The standard InChI is InChI=1S/C13H20ClNO/c1-15-10-12(6-7-16-2)8-11-4-3-5-13(14)9-11/h3-5,9,12,15H,6-8,10H2,1-2H3. The van der Waals surface area contributed by atoms with Crippen LogP contribution in [0.15, 0.2) is 24.3 Å². The van der Waals surface area contributed by atoms with Gasteiger partial charge in [0.25, 0.3) is 0 Å². The summed E-state index contributed by atoms with van der Waals surface area (Å²) in [5, 5.41) is 4.04. The van der Waals surface area contributed by atoms with E-state index >= 15 is 0 Å². The van der Waals surface area contributed by atoms with Crippen LogP contribution in [-0.4, -0.2) is 27.3 Å². The maximum atomic E-state index is 5.97. The monoisotopic (exact) mass is 241 g/mol. The number of hydrogen-bond donors (Lipinski definition) is 1. The zero-order valence-electron chi connectivity index (χ0n) is 10.0. The molecule has 0 bridgehead atoms. The van der Waals surface area contributed by atoms with E-state index in [1.54, 1.807) is 7.11 Å². The lowest BCUT2D eigenvalue weighted by Crippen LogP contribution is -2.22. The molecule has 1 N–H and O–H groups in total. The normalized spacial score (nSPS) is 12.7. The third-order valence-electron chi connectivity index (χ3n) is 2.64. The largest absolute Gasteiger partial charge is 0.385 e. The summed E-state index contributed by atoms with van der Waals surface area (Å²) in [4.78, 5) is 0. The Morgan fingerprint density at radius 1 is 1.44 bits per heavy atom. The molecule has 0 saturated heterocycles. The minimum absolute atomic E-state index is 0.600. The van der Waals surface area contributed by atoms with Gasteiger partial charge in [-0.2, -0.15) is 0 Å². The first-order valence-electron chi connectivity index (χ1n) is 5.64. The second-order valence-corrected chi connectivity index (χ2v) is 4.48. The SMILES string of the molecule is CNCC(CCOC)Cc1cccc(Cl)c1. The van der Waals surface area contributed by atoms with E-state index in [0.717, 1.165) is 31.0 Å². The second kappa shape index (κ2) is 7.66. The Bertz CT molecular complexity index is 304. The van der Waals surface area contributed by atoms with Crippen molar-refractivity contribution in [3.8, 4) is 0 Å². The van der Waals surface area contributed by atoms with Crippen molar-refractivity contribution in [2.45, 2.75) is 12.8 Å². The molecule has 16 heavy (non-hydrogen) atoms. The predicted octanol–water partition coefficient (Wildman–Crippen LogP) is 2.75. The first kappa shape index (κ1) is 13.5. The van der Waals surface area contributed by atoms with Crippen molar-refractivity contribution >= 4 is 11.6 Å². The first-order chi connectivity index (χ1) is 7.76. The molecule has 0 aliphatic carbocycles. The summed E-state index contributed by atoms with van der Waals surface area (Å²) in [6.45, 7) is 1.82. The average molecular weight is 242 g/mol. The minimum Gasteiger partial charge on any atom is -0.385 e. The third-order valence-corrected chi connectivity index (χ3v) is 2.87. The van der Waals surface area contributed by atoms with E-state index in [9.17, 15) is 0 Å². The second-order valence-electron chi connectivity index (χ2n) is 4.04. The molecule has 1 aromatic rings. The Balaban J connectivity index is 2.52. The molecule has 0 aliphatic rings. The molecule has 90 valence electrons. The molecule has 0 radical (unpaired) electrons. The van der Waals surface area contributed by atoms with Crippen molar-refractivity contribution in [1.29, 1.82) is 0 Å². The summed E-state index contributed by atoms with van der Waals surface area (Å²) in [6.07, 6.45) is 2.12. The summed E-state index contributed by atoms with van der Waals surface area (Å²) in [7, 11) is 3.73. The van der Waals surface area contributed by atoms with Gasteiger partial charge >= 0.3 is 0 Å². The summed E-state index contributed by atoms with van der Waals surface area (Å²) in [5.74, 6) is 0.600. The molecule has 0 heterocycles. The highest BCUT2D eigenvalue weighted by Crippen LogP contribution is 2.16. The number of methoxy groups -OCH3 is 1. The fraction of sp³-hybridized carbons (Fsp3) is 0.538. The Labute approximate surface area is 103 Å².